The van der Waals surface area contributed by atoms with Crippen molar-refractivity contribution in [2.75, 3.05) is 99.1 Å². The van der Waals surface area contributed by atoms with E-state index in [4.69, 9.17) is 19.3 Å². The number of imide groups is 2. The fourth-order valence-corrected chi connectivity index (χ4v) is 6.89. The number of amides is 4. The molecular formula is C44H56N4O8. The van der Waals surface area contributed by atoms with Gasteiger partial charge in [-0.2, -0.15) is 0 Å². The SMILES string of the molecule is CCCC.CN(CCCN(CCOCCOCCOCCO)CCN1C(=O)c2cccc3cccc(c23)C1=O)CCN1C(=O)c2cccc3cccc(c23)C1=O. The molecule has 0 fully saturated rings. The van der Waals surface area contributed by atoms with Gasteiger partial charge in [-0.15, -0.1) is 0 Å². The van der Waals surface area contributed by atoms with Crippen LogP contribution >= 0.6 is 0 Å². The molecule has 0 bridgehead atoms. The number of likely N-dealkylation sites (N-methyl/N-ethyl adjacent to an activating group) is 1. The van der Waals surface area contributed by atoms with Crippen molar-refractivity contribution < 1.29 is 38.5 Å². The molecule has 0 saturated heterocycles. The standard InChI is InChI=1S/C40H46N4O8.C4H10/c1-41(17-19-43-37(46)31-11-2-7-29-8-3-12-32(35(29)31)38(43)47)15-6-16-42(21-23-50-25-27-52-28-26-51-24-22-45)18-20-44-39(48)33-13-4-9-30-10-5-14-34(36(30)33)40(44)49;1-3-4-2/h2-5,7-14,45H,6,15-28H2,1H3;3-4H2,1-2H3. The number of hydrogen-bond acceptors (Lipinski definition) is 10. The van der Waals surface area contributed by atoms with Gasteiger partial charge in [-0.3, -0.25) is 33.9 Å². The molecule has 6 rings (SSSR count). The van der Waals surface area contributed by atoms with Gasteiger partial charge >= 0.3 is 0 Å². The number of aliphatic hydroxyl groups is 1. The Hall–Kier alpha value is -4.56. The average Bonchev–Trinajstić information content (AvgIpc) is 3.22. The Balaban J connectivity index is 0.00000143. The molecular weight excluding hydrogens is 713 g/mol. The molecule has 0 radical (unpaired) electrons. The topological polar surface area (TPSA) is 129 Å². The molecule has 4 amide bonds. The minimum Gasteiger partial charge on any atom is -0.394 e. The Morgan fingerprint density at radius 2 is 0.929 bits per heavy atom. The van der Waals surface area contributed by atoms with Crippen molar-refractivity contribution in [3.63, 3.8) is 0 Å². The van der Waals surface area contributed by atoms with Crippen molar-refractivity contribution in [2.45, 2.75) is 33.1 Å². The Labute approximate surface area is 329 Å². The van der Waals surface area contributed by atoms with Crippen LogP contribution in [0.3, 0.4) is 0 Å². The molecule has 0 aliphatic carbocycles. The van der Waals surface area contributed by atoms with E-state index in [1.807, 2.05) is 55.6 Å². The highest BCUT2D eigenvalue weighted by atomic mass is 16.5. The van der Waals surface area contributed by atoms with Crippen LogP contribution in [0.25, 0.3) is 21.5 Å². The van der Waals surface area contributed by atoms with E-state index in [0.717, 1.165) is 22.6 Å². The Morgan fingerprint density at radius 3 is 1.36 bits per heavy atom. The Kier molecular flexibility index (Phi) is 16.5. The number of benzene rings is 4. The number of nitrogens with zero attached hydrogens (tertiary/aromatic N) is 4. The smallest absolute Gasteiger partial charge is 0.261 e. The monoisotopic (exact) mass is 768 g/mol. The lowest BCUT2D eigenvalue weighted by Crippen LogP contribution is -2.45. The van der Waals surface area contributed by atoms with Gasteiger partial charge in [0.05, 0.1) is 46.2 Å². The summed E-state index contributed by atoms with van der Waals surface area (Å²) in [5.41, 5.74) is 2.18. The summed E-state index contributed by atoms with van der Waals surface area (Å²) in [4.78, 5) is 60.7. The predicted molar refractivity (Wildman–Crippen MR) is 217 cm³/mol. The van der Waals surface area contributed by atoms with Crippen LogP contribution in [0.2, 0.25) is 0 Å². The van der Waals surface area contributed by atoms with Crippen LogP contribution in [-0.4, -0.2) is 147 Å². The summed E-state index contributed by atoms with van der Waals surface area (Å²) in [6, 6.07) is 22.1. The van der Waals surface area contributed by atoms with Gasteiger partial charge in [0.25, 0.3) is 23.6 Å². The first-order valence-electron chi connectivity index (χ1n) is 19.8. The molecule has 12 heteroatoms. The molecule has 0 spiro atoms. The lowest BCUT2D eigenvalue weighted by atomic mass is 9.94. The van der Waals surface area contributed by atoms with E-state index in [2.05, 4.69) is 23.6 Å². The van der Waals surface area contributed by atoms with Crippen LogP contribution in [0.15, 0.2) is 72.8 Å². The highest BCUT2D eigenvalue weighted by Gasteiger charge is 2.34. The summed E-state index contributed by atoms with van der Waals surface area (Å²) in [6.07, 6.45) is 3.42. The third-order valence-corrected chi connectivity index (χ3v) is 10.1. The van der Waals surface area contributed by atoms with Gasteiger partial charge in [-0.1, -0.05) is 75.2 Å². The van der Waals surface area contributed by atoms with E-state index in [0.29, 0.717) is 93.4 Å². The van der Waals surface area contributed by atoms with Crippen LogP contribution in [0.5, 0.6) is 0 Å². The highest BCUT2D eigenvalue weighted by molar-refractivity contribution is 6.26. The predicted octanol–water partition coefficient (Wildman–Crippen LogP) is 5.36. The second-order valence-corrected chi connectivity index (χ2v) is 14.0. The van der Waals surface area contributed by atoms with Gasteiger partial charge in [0.2, 0.25) is 0 Å². The molecule has 0 atom stereocenters. The number of carbonyl (C=O) groups is 4. The fourth-order valence-electron chi connectivity index (χ4n) is 6.89. The van der Waals surface area contributed by atoms with E-state index in [1.54, 1.807) is 24.3 Å². The summed E-state index contributed by atoms with van der Waals surface area (Å²) in [5, 5.41) is 12.0. The number of aliphatic hydroxyl groups excluding tert-OH is 1. The Bertz CT molecular complexity index is 1850. The molecule has 0 unspecified atom stereocenters. The van der Waals surface area contributed by atoms with Crippen LogP contribution in [0, 0.1) is 0 Å². The summed E-state index contributed by atoms with van der Waals surface area (Å²) < 4.78 is 16.5. The van der Waals surface area contributed by atoms with Gasteiger partial charge in [-0.05, 0) is 61.6 Å². The van der Waals surface area contributed by atoms with Crippen molar-refractivity contribution in [1.29, 1.82) is 0 Å². The second kappa shape index (κ2) is 21.7. The molecule has 4 aromatic carbocycles. The van der Waals surface area contributed by atoms with E-state index in [-0.39, 0.29) is 49.9 Å². The zero-order valence-corrected chi connectivity index (χ0v) is 33.0. The normalized spacial score (nSPS) is 13.8. The molecule has 56 heavy (non-hydrogen) atoms. The van der Waals surface area contributed by atoms with Crippen molar-refractivity contribution in [3.05, 3.63) is 95.1 Å². The number of ether oxygens (including phenoxy) is 3. The molecule has 300 valence electrons. The van der Waals surface area contributed by atoms with Crippen LogP contribution in [-0.2, 0) is 14.2 Å². The third-order valence-electron chi connectivity index (χ3n) is 10.1. The number of rotatable bonds is 22. The number of carbonyl (C=O) groups excluding carboxylic acids is 4. The molecule has 0 aromatic heterocycles. The maximum atomic E-state index is 13.5. The minimum atomic E-state index is -0.286. The molecule has 4 aromatic rings. The van der Waals surface area contributed by atoms with Gasteiger partial charge in [0.1, 0.15) is 0 Å². The summed E-state index contributed by atoms with van der Waals surface area (Å²) >= 11 is 0. The minimum absolute atomic E-state index is 0.0210. The first kappa shape index (κ1) is 42.6. The summed E-state index contributed by atoms with van der Waals surface area (Å²) in [6.45, 7) is 10.2. The number of hydrogen-bond donors (Lipinski definition) is 1. The van der Waals surface area contributed by atoms with Crippen LogP contribution in [0.1, 0.15) is 74.5 Å². The molecule has 2 aliphatic heterocycles. The average molecular weight is 769 g/mol. The van der Waals surface area contributed by atoms with E-state index < -0.39 is 0 Å². The first-order valence-corrected chi connectivity index (χ1v) is 19.8. The molecule has 12 nitrogen and oxygen atoms in total. The third kappa shape index (κ3) is 10.6. The molecule has 0 saturated carbocycles. The van der Waals surface area contributed by atoms with Crippen molar-refractivity contribution in [1.82, 2.24) is 19.6 Å². The fraction of sp³-hybridized carbons (Fsp3) is 0.455. The maximum absolute atomic E-state index is 13.5. The van der Waals surface area contributed by atoms with Crippen molar-refractivity contribution >= 4 is 45.2 Å². The van der Waals surface area contributed by atoms with E-state index in [1.165, 1.54) is 22.6 Å². The first-order chi connectivity index (χ1) is 27.3. The van der Waals surface area contributed by atoms with Crippen molar-refractivity contribution in [3.8, 4) is 0 Å². The quantitative estimate of drug-likeness (QED) is 0.0825. The second-order valence-electron chi connectivity index (χ2n) is 14.0. The van der Waals surface area contributed by atoms with Crippen LogP contribution < -0.4 is 0 Å². The van der Waals surface area contributed by atoms with Crippen molar-refractivity contribution in [2.24, 2.45) is 0 Å². The summed E-state index contributed by atoms with van der Waals surface area (Å²) in [5.74, 6) is -1.11. The lowest BCUT2D eigenvalue weighted by molar-refractivity contribution is 0.00425. The zero-order chi connectivity index (χ0) is 39.9. The number of unbranched alkanes of at least 4 members (excludes halogenated alkanes) is 1. The molecule has 2 aliphatic rings. The van der Waals surface area contributed by atoms with E-state index in [9.17, 15) is 19.2 Å². The largest absolute Gasteiger partial charge is 0.394 e. The van der Waals surface area contributed by atoms with E-state index >= 15 is 0 Å². The van der Waals surface area contributed by atoms with Gasteiger partial charge in [-0.25, -0.2) is 0 Å². The lowest BCUT2D eigenvalue weighted by Gasteiger charge is -2.31. The zero-order valence-electron chi connectivity index (χ0n) is 33.0. The summed E-state index contributed by atoms with van der Waals surface area (Å²) in [7, 11) is 1.97. The molecule has 1 N–H and O–H groups in total. The van der Waals surface area contributed by atoms with Crippen LogP contribution in [0.4, 0.5) is 0 Å². The molecule has 2 heterocycles. The van der Waals surface area contributed by atoms with Gasteiger partial charge in [0.15, 0.2) is 0 Å². The maximum Gasteiger partial charge on any atom is 0.261 e. The highest BCUT2D eigenvalue weighted by Crippen LogP contribution is 2.31. The Morgan fingerprint density at radius 1 is 0.518 bits per heavy atom. The van der Waals surface area contributed by atoms with Gasteiger partial charge in [0, 0.05) is 65.8 Å². The van der Waals surface area contributed by atoms with Gasteiger partial charge < -0.3 is 24.2 Å².